The van der Waals surface area contributed by atoms with Crippen LogP contribution in [0, 0.1) is 11.3 Å². The van der Waals surface area contributed by atoms with Crippen LogP contribution in [-0.2, 0) is 0 Å². The minimum absolute atomic E-state index is 0.148. The molecule has 0 saturated carbocycles. The first kappa shape index (κ1) is 14.8. The number of nitriles is 1. The van der Waals surface area contributed by atoms with E-state index in [0.29, 0.717) is 23.6 Å². The fourth-order valence-corrected chi connectivity index (χ4v) is 1.89. The summed E-state index contributed by atoms with van der Waals surface area (Å²) in [6, 6.07) is 12.5. The van der Waals surface area contributed by atoms with Crippen LogP contribution in [-0.4, -0.2) is 38.0 Å². The molecule has 0 bridgehead atoms. The smallest absolute Gasteiger partial charge is 0.289 e. The molecule has 1 heterocycles. The third-order valence-corrected chi connectivity index (χ3v) is 3.16. The molecule has 108 valence electrons. The number of likely N-dealkylation sites (N-methyl/N-ethyl adjacent to an activating group) is 2. The van der Waals surface area contributed by atoms with Crippen LogP contribution in [0.4, 0.5) is 0 Å². The van der Waals surface area contributed by atoms with E-state index in [4.69, 9.17) is 9.68 Å². The quantitative estimate of drug-likeness (QED) is 0.912. The van der Waals surface area contributed by atoms with E-state index in [9.17, 15) is 4.79 Å². The summed E-state index contributed by atoms with van der Waals surface area (Å²) in [5.74, 6) is 0.781. The van der Waals surface area contributed by atoms with Crippen LogP contribution >= 0.6 is 0 Å². The van der Waals surface area contributed by atoms with Gasteiger partial charge in [0.25, 0.3) is 5.91 Å². The fraction of sp³-hybridized carbons (Fsp3) is 0.250. The second kappa shape index (κ2) is 6.73. The second-order valence-electron chi connectivity index (χ2n) is 4.68. The molecule has 0 spiro atoms. The van der Waals surface area contributed by atoms with Gasteiger partial charge in [-0.2, -0.15) is 5.26 Å². The minimum Gasteiger partial charge on any atom is -0.451 e. The van der Waals surface area contributed by atoms with E-state index in [1.54, 1.807) is 48.3 Å². The summed E-state index contributed by atoms with van der Waals surface area (Å²) in [6.45, 7) is 1.34. The summed E-state index contributed by atoms with van der Waals surface area (Å²) in [7, 11) is 3.58. The molecule has 0 radical (unpaired) electrons. The summed E-state index contributed by atoms with van der Waals surface area (Å²) in [5, 5.41) is 11.8. The number of carbonyl (C=O) groups is 1. The molecular weight excluding hydrogens is 266 g/mol. The van der Waals surface area contributed by atoms with Crippen molar-refractivity contribution in [3.63, 3.8) is 0 Å². The zero-order valence-electron chi connectivity index (χ0n) is 12.1. The lowest BCUT2D eigenvalue weighted by atomic mass is 10.1. The van der Waals surface area contributed by atoms with Gasteiger partial charge < -0.3 is 14.6 Å². The van der Waals surface area contributed by atoms with E-state index in [-0.39, 0.29) is 5.91 Å². The van der Waals surface area contributed by atoms with Gasteiger partial charge >= 0.3 is 0 Å². The molecule has 2 aromatic rings. The normalized spacial score (nSPS) is 10.1. The SMILES string of the molecule is CNCCN(C)C(=O)c1ccc(-c2ccc(C#N)cc2)o1. The summed E-state index contributed by atoms with van der Waals surface area (Å²) < 4.78 is 5.61. The number of carbonyl (C=O) groups excluding carboxylic acids is 1. The highest BCUT2D eigenvalue weighted by molar-refractivity contribution is 5.91. The first-order chi connectivity index (χ1) is 10.2. The lowest BCUT2D eigenvalue weighted by Gasteiger charge is -2.14. The summed E-state index contributed by atoms with van der Waals surface area (Å²) >= 11 is 0. The predicted octanol–water partition coefficient (Wildman–Crippen LogP) is 2.11. The van der Waals surface area contributed by atoms with Gasteiger partial charge in [-0.1, -0.05) is 0 Å². The van der Waals surface area contributed by atoms with Gasteiger partial charge in [0.15, 0.2) is 5.76 Å². The van der Waals surface area contributed by atoms with E-state index in [0.717, 1.165) is 12.1 Å². The lowest BCUT2D eigenvalue weighted by Crippen LogP contribution is -2.32. The molecule has 1 aromatic carbocycles. The molecule has 2 rings (SSSR count). The maximum atomic E-state index is 12.2. The molecule has 5 nitrogen and oxygen atoms in total. The Kier molecular flexibility index (Phi) is 4.75. The van der Waals surface area contributed by atoms with Crippen LogP contribution in [0.5, 0.6) is 0 Å². The molecule has 0 fully saturated rings. The Morgan fingerprint density at radius 3 is 2.62 bits per heavy atom. The van der Waals surface area contributed by atoms with Crippen molar-refractivity contribution in [3.8, 4) is 17.4 Å². The molecule has 21 heavy (non-hydrogen) atoms. The third-order valence-electron chi connectivity index (χ3n) is 3.16. The van der Waals surface area contributed by atoms with Gasteiger partial charge in [0.2, 0.25) is 0 Å². The first-order valence-corrected chi connectivity index (χ1v) is 6.66. The fourth-order valence-electron chi connectivity index (χ4n) is 1.89. The molecule has 0 unspecified atom stereocenters. The standard InChI is InChI=1S/C16H17N3O2/c1-18-9-10-19(2)16(20)15-8-7-14(21-15)13-5-3-12(11-17)4-6-13/h3-8,18H,9-10H2,1-2H3. The van der Waals surface area contributed by atoms with Crippen molar-refractivity contribution in [1.82, 2.24) is 10.2 Å². The number of nitrogens with zero attached hydrogens (tertiary/aromatic N) is 2. The molecular formula is C16H17N3O2. The largest absolute Gasteiger partial charge is 0.451 e. The Balaban J connectivity index is 2.13. The lowest BCUT2D eigenvalue weighted by molar-refractivity contribution is 0.0766. The topological polar surface area (TPSA) is 69.3 Å². The van der Waals surface area contributed by atoms with Crippen molar-refractivity contribution >= 4 is 5.91 Å². The molecule has 1 aromatic heterocycles. The van der Waals surface area contributed by atoms with E-state index in [1.807, 2.05) is 7.05 Å². The van der Waals surface area contributed by atoms with Gasteiger partial charge in [0.1, 0.15) is 5.76 Å². The van der Waals surface area contributed by atoms with Crippen molar-refractivity contribution in [2.75, 3.05) is 27.2 Å². The van der Waals surface area contributed by atoms with Gasteiger partial charge in [0, 0.05) is 25.7 Å². The van der Waals surface area contributed by atoms with Crippen molar-refractivity contribution < 1.29 is 9.21 Å². The summed E-state index contributed by atoms with van der Waals surface area (Å²) in [5.41, 5.74) is 1.43. The van der Waals surface area contributed by atoms with E-state index < -0.39 is 0 Å². The Morgan fingerprint density at radius 2 is 2.00 bits per heavy atom. The number of rotatable bonds is 5. The molecule has 0 aliphatic carbocycles. The Labute approximate surface area is 123 Å². The monoisotopic (exact) mass is 283 g/mol. The van der Waals surface area contributed by atoms with Crippen molar-refractivity contribution in [3.05, 3.63) is 47.7 Å². The maximum Gasteiger partial charge on any atom is 0.289 e. The first-order valence-electron chi connectivity index (χ1n) is 6.66. The Morgan fingerprint density at radius 1 is 1.29 bits per heavy atom. The molecule has 0 atom stereocenters. The Bertz CT molecular complexity index is 653. The molecule has 0 aliphatic heterocycles. The van der Waals surface area contributed by atoms with Crippen molar-refractivity contribution in [2.45, 2.75) is 0 Å². The van der Waals surface area contributed by atoms with Gasteiger partial charge in [-0.3, -0.25) is 4.79 Å². The van der Waals surface area contributed by atoms with Crippen LogP contribution in [0.15, 0.2) is 40.8 Å². The van der Waals surface area contributed by atoms with E-state index in [1.165, 1.54) is 0 Å². The molecule has 0 aliphatic rings. The van der Waals surface area contributed by atoms with Crippen LogP contribution in [0.2, 0.25) is 0 Å². The van der Waals surface area contributed by atoms with Gasteiger partial charge in [-0.15, -0.1) is 0 Å². The van der Waals surface area contributed by atoms with Gasteiger partial charge in [0.05, 0.1) is 11.6 Å². The minimum atomic E-state index is -0.148. The molecule has 0 saturated heterocycles. The predicted molar refractivity (Wildman–Crippen MR) is 79.7 cm³/mol. The summed E-state index contributed by atoms with van der Waals surface area (Å²) in [6.07, 6.45) is 0. The molecule has 1 amide bonds. The van der Waals surface area contributed by atoms with Crippen molar-refractivity contribution in [2.24, 2.45) is 0 Å². The zero-order chi connectivity index (χ0) is 15.2. The highest BCUT2D eigenvalue weighted by Crippen LogP contribution is 2.23. The maximum absolute atomic E-state index is 12.2. The average molecular weight is 283 g/mol. The number of nitrogens with one attached hydrogen (secondary N) is 1. The summed E-state index contributed by atoms with van der Waals surface area (Å²) in [4.78, 5) is 13.8. The van der Waals surface area contributed by atoms with E-state index in [2.05, 4.69) is 11.4 Å². The number of hydrogen-bond donors (Lipinski definition) is 1. The van der Waals surface area contributed by atoms with Crippen LogP contribution in [0.25, 0.3) is 11.3 Å². The molecule has 1 N–H and O–H groups in total. The second-order valence-corrected chi connectivity index (χ2v) is 4.68. The third kappa shape index (κ3) is 3.50. The van der Waals surface area contributed by atoms with Crippen LogP contribution in [0.1, 0.15) is 16.1 Å². The van der Waals surface area contributed by atoms with Crippen molar-refractivity contribution in [1.29, 1.82) is 5.26 Å². The zero-order valence-corrected chi connectivity index (χ0v) is 12.1. The number of benzene rings is 1. The highest BCUT2D eigenvalue weighted by Gasteiger charge is 2.16. The number of amides is 1. The van der Waals surface area contributed by atoms with Crippen LogP contribution in [0.3, 0.4) is 0 Å². The number of furan rings is 1. The van der Waals surface area contributed by atoms with Crippen LogP contribution < -0.4 is 5.32 Å². The average Bonchev–Trinajstić information content (AvgIpc) is 3.01. The highest BCUT2D eigenvalue weighted by atomic mass is 16.4. The van der Waals surface area contributed by atoms with Gasteiger partial charge in [-0.05, 0) is 43.4 Å². The van der Waals surface area contributed by atoms with E-state index >= 15 is 0 Å². The molecule has 5 heteroatoms. The van der Waals surface area contributed by atoms with Gasteiger partial charge in [-0.25, -0.2) is 0 Å². The number of hydrogen-bond acceptors (Lipinski definition) is 4. The Hall–Kier alpha value is -2.58.